The first-order valence-electron chi connectivity index (χ1n) is 6.01. The quantitative estimate of drug-likeness (QED) is 0.895. The van der Waals surface area contributed by atoms with Gasteiger partial charge in [-0.3, -0.25) is 4.31 Å². The van der Waals surface area contributed by atoms with Gasteiger partial charge >= 0.3 is 5.97 Å². The number of aliphatic carboxylic acids is 1. The van der Waals surface area contributed by atoms with Gasteiger partial charge in [0.05, 0.1) is 10.4 Å². The first-order chi connectivity index (χ1) is 8.66. The lowest BCUT2D eigenvalue weighted by Gasteiger charge is -2.31. The molecule has 19 heavy (non-hydrogen) atoms. The Labute approximate surface area is 112 Å². The zero-order chi connectivity index (χ0) is 14.4. The minimum Gasteiger partial charge on any atom is -0.480 e. The molecule has 1 aromatic rings. The molecule has 0 radical (unpaired) electrons. The molecule has 0 amide bonds. The first kappa shape index (κ1) is 13.9. The van der Waals surface area contributed by atoms with Gasteiger partial charge in [0.2, 0.25) is 10.0 Å². The summed E-state index contributed by atoms with van der Waals surface area (Å²) >= 11 is 0. The maximum absolute atomic E-state index is 12.6. The number of nitrogens with zero attached hydrogens (tertiary/aromatic N) is 1. The van der Waals surface area contributed by atoms with Crippen molar-refractivity contribution in [2.75, 3.05) is 4.31 Å². The number of hydrogen-bond acceptors (Lipinski definition) is 3. The van der Waals surface area contributed by atoms with Crippen LogP contribution >= 0.6 is 0 Å². The third-order valence-electron chi connectivity index (χ3n) is 3.24. The Bertz CT molecular complexity index is 616. The molecule has 0 aromatic heterocycles. The lowest BCUT2D eigenvalue weighted by molar-refractivity contribution is -0.138. The van der Waals surface area contributed by atoms with Crippen molar-refractivity contribution in [3.8, 4) is 0 Å². The van der Waals surface area contributed by atoms with Crippen LogP contribution in [0.1, 0.15) is 26.3 Å². The van der Waals surface area contributed by atoms with Crippen molar-refractivity contribution < 1.29 is 18.3 Å². The van der Waals surface area contributed by atoms with Crippen molar-refractivity contribution in [2.45, 2.75) is 38.0 Å². The molecule has 1 heterocycles. The van der Waals surface area contributed by atoms with Crippen LogP contribution in [0.25, 0.3) is 0 Å². The summed E-state index contributed by atoms with van der Waals surface area (Å²) in [6.45, 7) is 4.71. The molecule has 2 rings (SSSR count). The molecule has 0 fully saturated rings. The minimum atomic E-state index is -3.73. The van der Waals surface area contributed by atoms with Crippen LogP contribution in [0, 0.1) is 0 Å². The van der Waals surface area contributed by atoms with E-state index in [1.165, 1.54) is 0 Å². The molecular weight excluding hydrogens is 266 g/mol. The van der Waals surface area contributed by atoms with Crippen LogP contribution in [0.2, 0.25) is 0 Å². The van der Waals surface area contributed by atoms with Crippen LogP contribution in [-0.4, -0.2) is 30.3 Å². The van der Waals surface area contributed by atoms with E-state index in [4.69, 9.17) is 0 Å². The topological polar surface area (TPSA) is 74.7 Å². The van der Waals surface area contributed by atoms with Crippen molar-refractivity contribution >= 4 is 21.7 Å². The Balaban J connectivity index is 2.61. The van der Waals surface area contributed by atoms with Gasteiger partial charge in [0.15, 0.2) is 0 Å². The molecule has 1 aromatic carbocycles. The van der Waals surface area contributed by atoms with Gasteiger partial charge in [-0.15, -0.1) is 0 Å². The van der Waals surface area contributed by atoms with Gasteiger partial charge in [-0.25, -0.2) is 13.2 Å². The van der Waals surface area contributed by atoms with Crippen LogP contribution in [0.5, 0.6) is 0 Å². The molecule has 1 unspecified atom stereocenters. The number of benzene rings is 1. The molecule has 1 N–H and O–H groups in total. The van der Waals surface area contributed by atoms with E-state index >= 15 is 0 Å². The second kappa shape index (κ2) is 4.23. The SMILES string of the molecule is CC(C)(C)S(=O)(=O)N1c2ccccc2CC1C(=O)O. The minimum absolute atomic E-state index is 0.209. The standard InChI is InChI=1S/C13H17NO4S/c1-13(2,3)19(17,18)14-10-7-5-4-6-9(10)8-11(14)12(15)16/h4-7,11H,8H2,1-3H3,(H,15,16). The average molecular weight is 283 g/mol. The van der Waals surface area contributed by atoms with Crippen molar-refractivity contribution in [2.24, 2.45) is 0 Å². The van der Waals surface area contributed by atoms with Gasteiger partial charge in [-0.2, -0.15) is 0 Å². The van der Waals surface area contributed by atoms with E-state index in [1.54, 1.807) is 45.0 Å². The summed E-state index contributed by atoms with van der Waals surface area (Å²) in [7, 11) is -3.73. The number of carbonyl (C=O) groups is 1. The fourth-order valence-corrected chi connectivity index (χ4v) is 3.66. The second-order valence-corrected chi connectivity index (χ2v) is 8.17. The molecule has 1 atom stereocenters. The number of rotatable bonds is 2. The van der Waals surface area contributed by atoms with Crippen molar-refractivity contribution in [3.05, 3.63) is 29.8 Å². The fourth-order valence-electron chi connectivity index (χ4n) is 2.14. The van der Waals surface area contributed by atoms with Gasteiger partial charge in [-0.05, 0) is 32.4 Å². The Morgan fingerprint density at radius 1 is 1.32 bits per heavy atom. The zero-order valence-corrected chi connectivity index (χ0v) is 11.9. The highest BCUT2D eigenvalue weighted by Crippen LogP contribution is 2.37. The number of carboxylic acid groups (broad SMARTS) is 1. The van der Waals surface area contributed by atoms with Gasteiger partial charge < -0.3 is 5.11 Å². The molecule has 0 bridgehead atoms. The van der Waals surface area contributed by atoms with E-state index in [1.807, 2.05) is 0 Å². The van der Waals surface area contributed by atoms with E-state index in [9.17, 15) is 18.3 Å². The normalized spacial score (nSPS) is 19.3. The van der Waals surface area contributed by atoms with E-state index in [0.29, 0.717) is 5.69 Å². The van der Waals surface area contributed by atoms with E-state index in [2.05, 4.69) is 0 Å². The maximum atomic E-state index is 12.6. The number of sulfonamides is 1. The summed E-state index contributed by atoms with van der Waals surface area (Å²) in [6.07, 6.45) is 0.209. The Kier molecular flexibility index (Phi) is 3.09. The highest BCUT2D eigenvalue weighted by molar-refractivity contribution is 7.94. The Hall–Kier alpha value is -1.56. The van der Waals surface area contributed by atoms with Crippen LogP contribution in [0.4, 0.5) is 5.69 Å². The molecular formula is C13H17NO4S. The molecule has 5 nitrogen and oxygen atoms in total. The number of carboxylic acids is 1. The third kappa shape index (κ3) is 2.10. The monoisotopic (exact) mass is 283 g/mol. The van der Waals surface area contributed by atoms with Crippen LogP contribution < -0.4 is 4.31 Å². The highest BCUT2D eigenvalue weighted by Gasteiger charge is 2.46. The summed E-state index contributed by atoms with van der Waals surface area (Å²) in [5, 5.41) is 9.28. The van der Waals surface area contributed by atoms with Gasteiger partial charge in [-0.1, -0.05) is 18.2 Å². The van der Waals surface area contributed by atoms with E-state index in [-0.39, 0.29) is 6.42 Å². The summed E-state index contributed by atoms with van der Waals surface area (Å²) in [5.41, 5.74) is 1.23. The Morgan fingerprint density at radius 2 is 1.89 bits per heavy atom. The highest BCUT2D eigenvalue weighted by atomic mass is 32.2. The van der Waals surface area contributed by atoms with Gasteiger partial charge in [0.25, 0.3) is 0 Å². The largest absolute Gasteiger partial charge is 0.480 e. The molecule has 0 spiro atoms. The van der Waals surface area contributed by atoms with Crippen LogP contribution in [0.3, 0.4) is 0 Å². The number of fused-ring (bicyclic) bond motifs is 1. The van der Waals surface area contributed by atoms with Gasteiger partial charge in [0.1, 0.15) is 6.04 Å². The number of para-hydroxylation sites is 1. The second-order valence-electron chi connectivity index (χ2n) is 5.60. The number of anilines is 1. The predicted molar refractivity (Wildman–Crippen MR) is 72.7 cm³/mol. The molecule has 0 saturated carbocycles. The van der Waals surface area contributed by atoms with Crippen LogP contribution in [0.15, 0.2) is 24.3 Å². The zero-order valence-electron chi connectivity index (χ0n) is 11.1. The molecule has 1 aliphatic heterocycles. The first-order valence-corrected chi connectivity index (χ1v) is 7.45. The van der Waals surface area contributed by atoms with Crippen molar-refractivity contribution in [1.29, 1.82) is 0 Å². The molecule has 6 heteroatoms. The summed E-state index contributed by atoms with van der Waals surface area (Å²) < 4.78 is 25.2. The summed E-state index contributed by atoms with van der Waals surface area (Å²) in [5.74, 6) is -1.12. The predicted octanol–water partition coefficient (Wildman–Crippen LogP) is 1.63. The van der Waals surface area contributed by atoms with E-state index < -0.39 is 26.8 Å². The smallest absolute Gasteiger partial charge is 0.327 e. The van der Waals surface area contributed by atoms with Crippen molar-refractivity contribution in [1.82, 2.24) is 0 Å². The molecule has 104 valence electrons. The molecule has 0 aliphatic carbocycles. The van der Waals surface area contributed by atoms with E-state index in [0.717, 1.165) is 9.87 Å². The third-order valence-corrected chi connectivity index (χ3v) is 5.76. The lowest BCUT2D eigenvalue weighted by Crippen LogP contribution is -2.49. The number of hydrogen-bond donors (Lipinski definition) is 1. The fraction of sp³-hybridized carbons (Fsp3) is 0.462. The van der Waals surface area contributed by atoms with Gasteiger partial charge in [0, 0.05) is 6.42 Å². The lowest BCUT2D eigenvalue weighted by atomic mass is 10.1. The summed E-state index contributed by atoms with van der Waals surface area (Å²) in [6, 6.07) is 5.87. The average Bonchev–Trinajstić information content (AvgIpc) is 2.66. The van der Waals surface area contributed by atoms with Crippen LogP contribution in [-0.2, 0) is 21.2 Å². The van der Waals surface area contributed by atoms with Crippen molar-refractivity contribution in [3.63, 3.8) is 0 Å². The summed E-state index contributed by atoms with van der Waals surface area (Å²) in [4.78, 5) is 11.3. The molecule has 0 saturated heterocycles. The maximum Gasteiger partial charge on any atom is 0.327 e. The Morgan fingerprint density at radius 3 is 2.42 bits per heavy atom. The molecule has 1 aliphatic rings.